The third-order valence-corrected chi connectivity index (χ3v) is 4.43. The lowest BCUT2D eigenvalue weighted by Gasteiger charge is -2.27. The van der Waals surface area contributed by atoms with Crippen molar-refractivity contribution >= 4 is 41.0 Å². The van der Waals surface area contributed by atoms with E-state index in [0.717, 1.165) is 11.1 Å². The molecule has 0 saturated heterocycles. The molecule has 2 amide bonds. The van der Waals surface area contributed by atoms with Gasteiger partial charge in [0.05, 0.1) is 10.0 Å². The number of hydrogen-bond acceptors (Lipinski definition) is 1. The van der Waals surface area contributed by atoms with Crippen LogP contribution in [0.2, 0.25) is 10.0 Å². The van der Waals surface area contributed by atoms with E-state index in [1.807, 2.05) is 51.1 Å². The van der Waals surface area contributed by atoms with E-state index in [0.29, 0.717) is 22.3 Å². The summed E-state index contributed by atoms with van der Waals surface area (Å²) in [6, 6.07) is 15.0. The van der Waals surface area contributed by atoms with Crippen molar-refractivity contribution in [2.24, 2.45) is 0 Å². The summed E-state index contributed by atoms with van der Waals surface area (Å²) in [6.45, 7) is 6.54. The van der Waals surface area contributed by atoms with Crippen molar-refractivity contribution < 1.29 is 4.79 Å². The number of nitrogens with one attached hydrogen (secondary N) is 1. The second-order valence-corrected chi connectivity index (χ2v) is 7.00. The molecule has 0 saturated carbocycles. The third kappa shape index (κ3) is 5.80. The Morgan fingerprint density at radius 1 is 1.12 bits per heavy atom. The normalized spacial score (nSPS) is 11.5. The first-order chi connectivity index (χ1) is 11.9. The van der Waals surface area contributed by atoms with Gasteiger partial charge in [-0.3, -0.25) is 0 Å². The van der Waals surface area contributed by atoms with Crippen LogP contribution in [-0.2, 0) is 0 Å². The van der Waals surface area contributed by atoms with Crippen LogP contribution in [0.15, 0.2) is 54.1 Å². The van der Waals surface area contributed by atoms with Crippen molar-refractivity contribution in [2.75, 3.05) is 11.9 Å². The van der Waals surface area contributed by atoms with E-state index in [2.05, 4.69) is 11.4 Å². The van der Waals surface area contributed by atoms with Crippen LogP contribution >= 0.6 is 23.2 Å². The van der Waals surface area contributed by atoms with E-state index in [-0.39, 0.29) is 12.1 Å². The number of urea groups is 1. The molecule has 2 aromatic rings. The summed E-state index contributed by atoms with van der Waals surface area (Å²) < 4.78 is 0. The van der Waals surface area contributed by atoms with E-state index in [4.69, 9.17) is 23.2 Å². The van der Waals surface area contributed by atoms with Gasteiger partial charge in [0.25, 0.3) is 0 Å². The first-order valence-electron chi connectivity index (χ1n) is 8.11. The van der Waals surface area contributed by atoms with Crippen LogP contribution in [0.4, 0.5) is 10.5 Å². The Morgan fingerprint density at radius 2 is 1.80 bits per heavy atom. The van der Waals surface area contributed by atoms with Gasteiger partial charge in [0, 0.05) is 18.3 Å². The van der Waals surface area contributed by atoms with Gasteiger partial charge in [0.1, 0.15) is 0 Å². The maximum Gasteiger partial charge on any atom is 0.322 e. The monoisotopic (exact) mass is 376 g/mol. The van der Waals surface area contributed by atoms with Crippen molar-refractivity contribution in [1.82, 2.24) is 4.90 Å². The van der Waals surface area contributed by atoms with Gasteiger partial charge in [-0.1, -0.05) is 65.2 Å². The smallest absolute Gasteiger partial charge is 0.318 e. The molecule has 2 aromatic carbocycles. The topological polar surface area (TPSA) is 32.3 Å². The molecule has 0 aliphatic rings. The molecule has 5 heteroatoms. The van der Waals surface area contributed by atoms with E-state index in [1.54, 1.807) is 23.1 Å². The van der Waals surface area contributed by atoms with Gasteiger partial charge < -0.3 is 10.2 Å². The fourth-order valence-corrected chi connectivity index (χ4v) is 2.70. The molecule has 0 bridgehead atoms. The molecule has 0 aromatic heterocycles. The Hall–Kier alpha value is -1.97. The standard InChI is InChI=1S/C20H22Cl2N2O/c1-14(2)24(13-15(3)11-16-7-5-4-6-8-16)20(25)23-17-9-10-18(21)19(22)12-17/h4-12,14H,13H2,1-3H3,(H,23,25)/b15-11+. The molecule has 0 aliphatic heterocycles. The molecular formula is C20H22Cl2N2O. The molecule has 1 N–H and O–H groups in total. The van der Waals surface area contributed by atoms with Crippen LogP contribution < -0.4 is 5.32 Å². The highest BCUT2D eigenvalue weighted by atomic mass is 35.5. The number of rotatable bonds is 5. The lowest BCUT2D eigenvalue weighted by molar-refractivity contribution is 0.203. The van der Waals surface area contributed by atoms with Crippen LogP contribution in [0.25, 0.3) is 6.08 Å². The third-order valence-electron chi connectivity index (χ3n) is 3.69. The average Bonchev–Trinajstić information content (AvgIpc) is 2.56. The Bertz CT molecular complexity index is 758. The van der Waals surface area contributed by atoms with Gasteiger partial charge in [0.15, 0.2) is 0 Å². The Morgan fingerprint density at radius 3 is 2.40 bits per heavy atom. The Kier molecular flexibility index (Phi) is 6.91. The van der Waals surface area contributed by atoms with E-state index in [9.17, 15) is 4.79 Å². The molecule has 0 spiro atoms. The molecule has 0 aliphatic carbocycles. The van der Waals surface area contributed by atoms with Gasteiger partial charge in [-0.15, -0.1) is 0 Å². The van der Waals surface area contributed by atoms with Crippen molar-refractivity contribution in [2.45, 2.75) is 26.8 Å². The molecule has 0 unspecified atom stereocenters. The summed E-state index contributed by atoms with van der Waals surface area (Å²) in [4.78, 5) is 14.4. The summed E-state index contributed by atoms with van der Waals surface area (Å²) in [7, 11) is 0. The minimum atomic E-state index is -0.172. The number of hydrogen-bond donors (Lipinski definition) is 1. The largest absolute Gasteiger partial charge is 0.322 e. The maximum atomic E-state index is 12.6. The molecule has 132 valence electrons. The summed E-state index contributed by atoms with van der Waals surface area (Å²) in [5, 5.41) is 3.75. The fourth-order valence-electron chi connectivity index (χ4n) is 2.41. The van der Waals surface area contributed by atoms with Gasteiger partial charge in [-0.05, 0) is 44.5 Å². The fraction of sp³-hybridized carbons (Fsp3) is 0.250. The first kappa shape index (κ1) is 19.4. The molecular weight excluding hydrogens is 355 g/mol. The molecule has 0 radical (unpaired) electrons. The number of nitrogens with zero attached hydrogens (tertiary/aromatic N) is 1. The van der Waals surface area contributed by atoms with Gasteiger partial charge in [-0.25, -0.2) is 4.79 Å². The number of carbonyl (C=O) groups is 1. The quantitative estimate of drug-likeness (QED) is 0.648. The van der Waals surface area contributed by atoms with Crippen LogP contribution in [-0.4, -0.2) is 23.5 Å². The van der Waals surface area contributed by atoms with Crippen LogP contribution in [0.3, 0.4) is 0 Å². The first-order valence-corrected chi connectivity index (χ1v) is 8.87. The molecule has 25 heavy (non-hydrogen) atoms. The zero-order valence-electron chi connectivity index (χ0n) is 14.6. The summed E-state index contributed by atoms with van der Waals surface area (Å²) >= 11 is 11.9. The summed E-state index contributed by atoms with van der Waals surface area (Å²) in [5.41, 5.74) is 2.84. The predicted octanol–water partition coefficient (Wildman–Crippen LogP) is 6.34. The molecule has 3 nitrogen and oxygen atoms in total. The van der Waals surface area contributed by atoms with Crippen molar-refractivity contribution in [3.63, 3.8) is 0 Å². The summed E-state index contributed by atoms with van der Waals surface area (Å²) in [5.74, 6) is 0. The SMILES string of the molecule is C/C(=C\c1ccccc1)CN(C(=O)Nc1ccc(Cl)c(Cl)c1)C(C)C. The van der Waals surface area contributed by atoms with E-state index < -0.39 is 0 Å². The maximum absolute atomic E-state index is 12.6. The molecule has 0 atom stereocenters. The minimum Gasteiger partial charge on any atom is -0.318 e. The van der Waals surface area contributed by atoms with Crippen LogP contribution in [0.5, 0.6) is 0 Å². The second kappa shape index (κ2) is 8.93. The van der Waals surface area contributed by atoms with E-state index >= 15 is 0 Å². The van der Waals surface area contributed by atoms with Crippen molar-refractivity contribution in [3.8, 4) is 0 Å². The van der Waals surface area contributed by atoms with Gasteiger partial charge >= 0.3 is 6.03 Å². The van der Waals surface area contributed by atoms with Gasteiger partial charge in [-0.2, -0.15) is 0 Å². The molecule has 0 fully saturated rings. The second-order valence-electron chi connectivity index (χ2n) is 6.18. The number of amides is 2. The highest BCUT2D eigenvalue weighted by molar-refractivity contribution is 6.42. The Labute approximate surface area is 159 Å². The lowest BCUT2D eigenvalue weighted by atomic mass is 10.1. The minimum absolute atomic E-state index is 0.0573. The highest BCUT2D eigenvalue weighted by Gasteiger charge is 2.17. The van der Waals surface area contributed by atoms with Gasteiger partial charge in [0.2, 0.25) is 0 Å². The molecule has 0 heterocycles. The van der Waals surface area contributed by atoms with Crippen molar-refractivity contribution in [3.05, 3.63) is 69.7 Å². The van der Waals surface area contributed by atoms with Crippen LogP contribution in [0.1, 0.15) is 26.3 Å². The number of halogens is 2. The number of benzene rings is 2. The summed E-state index contributed by atoms with van der Waals surface area (Å²) in [6.07, 6.45) is 2.09. The van der Waals surface area contributed by atoms with Crippen LogP contribution in [0, 0.1) is 0 Å². The van der Waals surface area contributed by atoms with E-state index in [1.165, 1.54) is 0 Å². The Balaban J connectivity index is 2.10. The van der Waals surface area contributed by atoms with Crippen molar-refractivity contribution in [1.29, 1.82) is 0 Å². The lowest BCUT2D eigenvalue weighted by Crippen LogP contribution is -2.41. The zero-order chi connectivity index (χ0) is 18.4. The average molecular weight is 377 g/mol. The highest BCUT2D eigenvalue weighted by Crippen LogP contribution is 2.25. The predicted molar refractivity (Wildman–Crippen MR) is 107 cm³/mol. The number of carbonyl (C=O) groups excluding carboxylic acids is 1. The number of anilines is 1. The molecule has 2 rings (SSSR count). The zero-order valence-corrected chi connectivity index (χ0v) is 16.1.